The second kappa shape index (κ2) is 10.8. The summed E-state index contributed by atoms with van der Waals surface area (Å²) in [6.45, 7) is 0. The third-order valence-electron chi connectivity index (χ3n) is 6.49. The Balaban J connectivity index is 1.28. The van der Waals surface area contributed by atoms with E-state index in [-0.39, 0.29) is 5.57 Å². The zero-order chi connectivity index (χ0) is 27.5. The number of carboxylic acid groups (broad SMARTS) is 1. The number of thiophene rings is 1. The molecule has 6 rings (SSSR count). The first-order chi connectivity index (χ1) is 19.6. The fourth-order valence-electron chi connectivity index (χ4n) is 4.57. The molecule has 0 aliphatic rings. The summed E-state index contributed by atoms with van der Waals surface area (Å²) in [5.41, 5.74) is 5.28. The molecule has 0 aliphatic carbocycles. The van der Waals surface area contributed by atoms with Crippen molar-refractivity contribution < 1.29 is 14.3 Å². The van der Waals surface area contributed by atoms with E-state index in [0.29, 0.717) is 11.1 Å². The molecule has 0 fully saturated rings. The van der Waals surface area contributed by atoms with Crippen molar-refractivity contribution >= 4 is 51.4 Å². The van der Waals surface area contributed by atoms with Crippen molar-refractivity contribution in [2.45, 2.75) is 0 Å². The van der Waals surface area contributed by atoms with Crippen LogP contribution in [0.5, 0.6) is 0 Å². The number of carbonyl (C=O) groups is 1. The van der Waals surface area contributed by atoms with E-state index in [1.54, 1.807) is 29.5 Å². The maximum absolute atomic E-state index is 11.2. The van der Waals surface area contributed by atoms with Crippen LogP contribution in [0.2, 0.25) is 0 Å². The van der Waals surface area contributed by atoms with Crippen LogP contribution in [-0.2, 0) is 4.79 Å². The maximum Gasteiger partial charge on any atom is 0.346 e. The number of hydrogen-bond acceptors (Lipinski definition) is 5. The minimum atomic E-state index is -1.25. The predicted molar refractivity (Wildman–Crippen MR) is 161 cm³/mol. The number of furan rings is 1. The van der Waals surface area contributed by atoms with Crippen LogP contribution in [0.15, 0.2) is 131 Å². The van der Waals surface area contributed by atoms with Crippen molar-refractivity contribution in [1.29, 1.82) is 5.26 Å². The lowest BCUT2D eigenvalue weighted by molar-refractivity contribution is -0.132. The van der Waals surface area contributed by atoms with Gasteiger partial charge in [-0.1, -0.05) is 60.7 Å². The van der Waals surface area contributed by atoms with Crippen molar-refractivity contribution in [3.63, 3.8) is 0 Å². The second-order valence-electron chi connectivity index (χ2n) is 9.10. The van der Waals surface area contributed by atoms with Gasteiger partial charge in [-0.2, -0.15) is 5.26 Å². The molecule has 0 aliphatic heterocycles. The smallest absolute Gasteiger partial charge is 0.346 e. The number of fused-ring (bicyclic) bond motifs is 1. The molecule has 0 amide bonds. The summed E-state index contributed by atoms with van der Waals surface area (Å²) in [4.78, 5) is 15.5. The van der Waals surface area contributed by atoms with Gasteiger partial charge in [0.15, 0.2) is 0 Å². The second-order valence-corrected chi connectivity index (χ2v) is 10.2. The van der Waals surface area contributed by atoms with E-state index < -0.39 is 5.97 Å². The summed E-state index contributed by atoms with van der Waals surface area (Å²) in [7, 11) is 0. The van der Waals surface area contributed by atoms with Gasteiger partial charge in [-0.05, 0) is 77.9 Å². The topological polar surface area (TPSA) is 77.5 Å². The van der Waals surface area contributed by atoms with Crippen molar-refractivity contribution in [3.8, 4) is 27.1 Å². The third-order valence-corrected chi connectivity index (χ3v) is 7.64. The first kappa shape index (κ1) is 24.9. The van der Waals surface area contributed by atoms with Gasteiger partial charge in [-0.15, -0.1) is 11.3 Å². The molecule has 5 nitrogen and oxygen atoms in total. The number of hydrogen-bond donors (Lipinski definition) is 1. The monoisotopic (exact) mass is 538 g/mol. The highest BCUT2D eigenvalue weighted by Crippen LogP contribution is 2.39. The molecular weight excluding hydrogens is 516 g/mol. The van der Waals surface area contributed by atoms with Gasteiger partial charge in [0.05, 0.1) is 4.88 Å². The molecule has 0 saturated heterocycles. The standard InChI is InChI=1S/C34H22N2O3S/c35-22-26(34(37)38)19-23-11-12-25-21-31(39-30(25)20-23)33-18-17-32(40-33)24-13-15-29(16-14-24)36(27-7-3-1-4-8-27)28-9-5-2-6-10-28/h1-21H,(H,37,38)/b26-19-. The van der Waals surface area contributed by atoms with E-state index >= 15 is 0 Å². The molecule has 1 N–H and O–H groups in total. The van der Waals surface area contributed by atoms with Crippen LogP contribution in [-0.4, -0.2) is 11.1 Å². The van der Waals surface area contributed by atoms with Gasteiger partial charge in [-0.25, -0.2) is 4.79 Å². The number of nitrogens with zero attached hydrogens (tertiary/aromatic N) is 2. The molecule has 192 valence electrons. The molecule has 0 atom stereocenters. The van der Waals surface area contributed by atoms with Crippen molar-refractivity contribution in [1.82, 2.24) is 0 Å². The lowest BCUT2D eigenvalue weighted by atomic mass is 10.1. The fraction of sp³-hybridized carbons (Fsp3) is 0. The van der Waals surface area contributed by atoms with Gasteiger partial charge >= 0.3 is 5.97 Å². The van der Waals surface area contributed by atoms with Gasteiger partial charge < -0.3 is 14.4 Å². The normalized spacial score (nSPS) is 11.3. The SMILES string of the molecule is N#C/C(=C/c1ccc2cc(-c3ccc(-c4ccc(N(c5ccccc5)c5ccccc5)cc4)s3)oc2c1)C(=O)O. The lowest BCUT2D eigenvalue weighted by Gasteiger charge is -2.25. The largest absolute Gasteiger partial charge is 0.477 e. The molecule has 0 bridgehead atoms. The number of rotatable bonds is 7. The molecule has 0 saturated carbocycles. The Labute approximate surface area is 235 Å². The number of para-hydroxylation sites is 2. The fourth-order valence-corrected chi connectivity index (χ4v) is 5.53. The average Bonchev–Trinajstić information content (AvgIpc) is 3.65. The number of benzene rings is 4. The maximum atomic E-state index is 11.2. The average molecular weight is 539 g/mol. The lowest BCUT2D eigenvalue weighted by Crippen LogP contribution is -2.09. The van der Waals surface area contributed by atoms with Gasteiger partial charge in [0.25, 0.3) is 0 Å². The number of aliphatic carboxylic acids is 1. The Hall–Kier alpha value is -5.38. The van der Waals surface area contributed by atoms with E-state index in [1.165, 1.54) is 6.08 Å². The van der Waals surface area contributed by atoms with Crippen LogP contribution in [0, 0.1) is 11.3 Å². The molecular formula is C34H22N2O3S. The third kappa shape index (κ3) is 5.02. The van der Waals surface area contributed by atoms with Gasteiger partial charge in [0, 0.05) is 27.3 Å². The summed E-state index contributed by atoms with van der Waals surface area (Å²) >= 11 is 1.64. The minimum absolute atomic E-state index is 0.323. The summed E-state index contributed by atoms with van der Waals surface area (Å²) in [6.07, 6.45) is 1.34. The summed E-state index contributed by atoms with van der Waals surface area (Å²) in [6, 6.07) is 42.4. The Kier molecular flexibility index (Phi) is 6.72. The summed E-state index contributed by atoms with van der Waals surface area (Å²) < 4.78 is 6.11. The predicted octanol–water partition coefficient (Wildman–Crippen LogP) is 9.29. The van der Waals surface area contributed by atoms with E-state index in [9.17, 15) is 4.79 Å². The summed E-state index contributed by atoms with van der Waals surface area (Å²) in [5.74, 6) is -0.517. The van der Waals surface area contributed by atoms with Crippen LogP contribution < -0.4 is 4.90 Å². The van der Waals surface area contributed by atoms with E-state index in [1.807, 2.05) is 54.6 Å². The van der Waals surface area contributed by atoms with Gasteiger partial charge in [-0.3, -0.25) is 0 Å². The Morgan fingerprint density at radius 3 is 2.02 bits per heavy atom. The van der Waals surface area contributed by atoms with Crippen LogP contribution in [0.3, 0.4) is 0 Å². The molecule has 6 heteroatoms. The Bertz CT molecular complexity index is 1840. The van der Waals surface area contributed by atoms with Crippen LogP contribution in [0.25, 0.3) is 38.1 Å². The zero-order valence-electron chi connectivity index (χ0n) is 21.2. The van der Waals surface area contributed by atoms with E-state index in [0.717, 1.165) is 43.5 Å². The first-order valence-corrected chi connectivity index (χ1v) is 13.4. The van der Waals surface area contributed by atoms with Crippen molar-refractivity contribution in [3.05, 3.63) is 132 Å². The highest BCUT2D eigenvalue weighted by atomic mass is 32.1. The number of nitriles is 1. The molecule has 0 unspecified atom stereocenters. The minimum Gasteiger partial charge on any atom is -0.477 e. The number of anilines is 3. The molecule has 0 spiro atoms. The highest BCUT2D eigenvalue weighted by Gasteiger charge is 2.14. The Morgan fingerprint density at radius 1 is 0.775 bits per heavy atom. The van der Waals surface area contributed by atoms with Gasteiger partial charge in [0.1, 0.15) is 23.0 Å². The molecule has 6 aromatic rings. The van der Waals surface area contributed by atoms with Crippen molar-refractivity contribution in [2.75, 3.05) is 4.90 Å². The molecule has 40 heavy (non-hydrogen) atoms. The molecule has 4 aromatic carbocycles. The molecule has 2 aromatic heterocycles. The van der Waals surface area contributed by atoms with Crippen LogP contribution in [0.1, 0.15) is 5.56 Å². The quantitative estimate of drug-likeness (QED) is 0.162. The van der Waals surface area contributed by atoms with E-state index in [2.05, 4.69) is 59.5 Å². The molecule has 0 radical (unpaired) electrons. The Morgan fingerprint density at radius 2 is 1.40 bits per heavy atom. The summed E-state index contributed by atoms with van der Waals surface area (Å²) in [5, 5.41) is 19.1. The number of carboxylic acids is 1. The zero-order valence-corrected chi connectivity index (χ0v) is 22.0. The van der Waals surface area contributed by atoms with E-state index in [4.69, 9.17) is 14.8 Å². The first-order valence-electron chi connectivity index (χ1n) is 12.6. The van der Waals surface area contributed by atoms with Crippen molar-refractivity contribution in [2.24, 2.45) is 0 Å². The van der Waals surface area contributed by atoms with Crippen LogP contribution in [0.4, 0.5) is 17.1 Å². The molecule has 2 heterocycles. The highest BCUT2D eigenvalue weighted by molar-refractivity contribution is 7.18. The van der Waals surface area contributed by atoms with Crippen LogP contribution >= 0.6 is 11.3 Å². The van der Waals surface area contributed by atoms with Gasteiger partial charge in [0.2, 0.25) is 0 Å².